The summed E-state index contributed by atoms with van der Waals surface area (Å²) in [7, 11) is 0. The Balaban J connectivity index is 2.96. The summed E-state index contributed by atoms with van der Waals surface area (Å²) in [6.45, 7) is 6.27. The molecule has 0 aliphatic heterocycles. The first-order chi connectivity index (χ1) is 9.81. The third kappa shape index (κ3) is 15.9. The summed E-state index contributed by atoms with van der Waals surface area (Å²) in [6, 6.07) is 0. The van der Waals surface area contributed by atoms with Gasteiger partial charge < -0.3 is 14.6 Å². The van der Waals surface area contributed by atoms with Crippen LogP contribution in [0.25, 0.3) is 0 Å². The summed E-state index contributed by atoms with van der Waals surface area (Å²) < 4.78 is 10.8. The standard InChI is InChI=1S/C17H36O3/c1-3-4-5-6-7-8-9-10-11-12-13-19-14-15-20-17(2)16-18/h17-18H,3-16H2,1-2H3. The Morgan fingerprint density at radius 1 is 0.750 bits per heavy atom. The molecule has 1 N–H and O–H groups in total. The molecule has 3 nitrogen and oxygen atoms in total. The van der Waals surface area contributed by atoms with Gasteiger partial charge in [0.2, 0.25) is 0 Å². The van der Waals surface area contributed by atoms with Gasteiger partial charge in [-0.15, -0.1) is 0 Å². The average Bonchev–Trinajstić information content (AvgIpc) is 2.47. The molecular formula is C17H36O3. The Kier molecular flexibility index (Phi) is 16.8. The summed E-state index contributed by atoms with van der Waals surface area (Å²) in [6.07, 6.45) is 13.5. The Morgan fingerprint density at radius 3 is 1.85 bits per heavy atom. The van der Waals surface area contributed by atoms with E-state index in [4.69, 9.17) is 14.6 Å². The minimum absolute atomic E-state index is 0.0732. The topological polar surface area (TPSA) is 38.7 Å². The maximum atomic E-state index is 8.77. The van der Waals surface area contributed by atoms with Crippen LogP contribution < -0.4 is 0 Å². The number of hydrogen-bond acceptors (Lipinski definition) is 3. The van der Waals surface area contributed by atoms with Crippen molar-refractivity contribution in [3.63, 3.8) is 0 Å². The van der Waals surface area contributed by atoms with E-state index in [1.807, 2.05) is 6.92 Å². The van der Waals surface area contributed by atoms with Crippen molar-refractivity contribution in [3.8, 4) is 0 Å². The van der Waals surface area contributed by atoms with Gasteiger partial charge in [0.25, 0.3) is 0 Å². The molecule has 0 amide bonds. The van der Waals surface area contributed by atoms with Gasteiger partial charge >= 0.3 is 0 Å². The monoisotopic (exact) mass is 288 g/mol. The lowest BCUT2D eigenvalue weighted by molar-refractivity contribution is -0.0108. The van der Waals surface area contributed by atoms with Gasteiger partial charge in [0.1, 0.15) is 0 Å². The summed E-state index contributed by atoms with van der Waals surface area (Å²) in [4.78, 5) is 0. The maximum Gasteiger partial charge on any atom is 0.0778 e. The molecule has 0 aromatic carbocycles. The van der Waals surface area contributed by atoms with Crippen molar-refractivity contribution < 1.29 is 14.6 Å². The van der Waals surface area contributed by atoms with E-state index in [0.29, 0.717) is 13.2 Å². The quantitative estimate of drug-likeness (QED) is 0.430. The smallest absolute Gasteiger partial charge is 0.0778 e. The van der Waals surface area contributed by atoms with Crippen molar-refractivity contribution in [3.05, 3.63) is 0 Å². The minimum Gasteiger partial charge on any atom is -0.394 e. The van der Waals surface area contributed by atoms with Crippen LogP contribution in [0.2, 0.25) is 0 Å². The number of hydrogen-bond donors (Lipinski definition) is 1. The molecule has 122 valence electrons. The Labute approximate surface area is 126 Å². The number of rotatable bonds is 16. The van der Waals surface area contributed by atoms with Gasteiger partial charge in [0.15, 0.2) is 0 Å². The van der Waals surface area contributed by atoms with Crippen LogP contribution in [0.4, 0.5) is 0 Å². The van der Waals surface area contributed by atoms with Crippen molar-refractivity contribution in [2.45, 2.75) is 84.2 Å². The Bertz CT molecular complexity index is 174. The van der Waals surface area contributed by atoms with Crippen LogP contribution in [-0.4, -0.2) is 37.6 Å². The fourth-order valence-corrected chi connectivity index (χ4v) is 2.15. The molecule has 0 fully saturated rings. The van der Waals surface area contributed by atoms with E-state index in [9.17, 15) is 0 Å². The molecule has 0 aromatic rings. The van der Waals surface area contributed by atoms with Crippen LogP contribution in [0, 0.1) is 0 Å². The highest BCUT2D eigenvalue weighted by molar-refractivity contribution is 4.48. The van der Waals surface area contributed by atoms with Gasteiger partial charge in [-0.25, -0.2) is 0 Å². The predicted octanol–water partition coefficient (Wildman–Crippen LogP) is 4.32. The number of ether oxygens (including phenoxy) is 2. The van der Waals surface area contributed by atoms with Gasteiger partial charge in [-0.3, -0.25) is 0 Å². The molecule has 0 saturated carbocycles. The zero-order valence-corrected chi connectivity index (χ0v) is 13.7. The van der Waals surface area contributed by atoms with Gasteiger partial charge in [-0.2, -0.15) is 0 Å². The molecule has 3 heteroatoms. The van der Waals surface area contributed by atoms with E-state index in [1.54, 1.807) is 0 Å². The maximum absolute atomic E-state index is 8.77. The van der Waals surface area contributed by atoms with E-state index in [0.717, 1.165) is 13.0 Å². The van der Waals surface area contributed by atoms with Crippen molar-refractivity contribution in [2.75, 3.05) is 26.4 Å². The highest BCUT2D eigenvalue weighted by Crippen LogP contribution is 2.10. The van der Waals surface area contributed by atoms with Crippen molar-refractivity contribution in [2.24, 2.45) is 0 Å². The van der Waals surface area contributed by atoms with Crippen LogP contribution in [0.1, 0.15) is 78.1 Å². The van der Waals surface area contributed by atoms with E-state index >= 15 is 0 Å². The lowest BCUT2D eigenvalue weighted by atomic mass is 10.1. The molecule has 0 spiro atoms. The van der Waals surface area contributed by atoms with Crippen LogP contribution in [0.3, 0.4) is 0 Å². The van der Waals surface area contributed by atoms with E-state index in [2.05, 4.69) is 6.92 Å². The fraction of sp³-hybridized carbons (Fsp3) is 1.00. The van der Waals surface area contributed by atoms with Crippen molar-refractivity contribution >= 4 is 0 Å². The van der Waals surface area contributed by atoms with Gasteiger partial charge in [-0.05, 0) is 13.3 Å². The minimum atomic E-state index is -0.0732. The highest BCUT2D eigenvalue weighted by atomic mass is 16.5. The van der Waals surface area contributed by atoms with E-state index in [-0.39, 0.29) is 12.7 Å². The third-order valence-electron chi connectivity index (χ3n) is 3.53. The molecule has 0 aromatic heterocycles. The highest BCUT2D eigenvalue weighted by Gasteiger charge is 1.98. The van der Waals surface area contributed by atoms with Crippen molar-refractivity contribution in [1.82, 2.24) is 0 Å². The van der Waals surface area contributed by atoms with Gasteiger partial charge in [-0.1, -0.05) is 64.7 Å². The molecule has 0 aliphatic rings. The molecule has 20 heavy (non-hydrogen) atoms. The van der Waals surface area contributed by atoms with Gasteiger partial charge in [0.05, 0.1) is 25.9 Å². The number of aliphatic hydroxyl groups excluding tert-OH is 1. The first kappa shape index (κ1) is 19.9. The lowest BCUT2D eigenvalue weighted by Crippen LogP contribution is -2.16. The summed E-state index contributed by atoms with van der Waals surface area (Å²) in [5.74, 6) is 0. The molecule has 0 bridgehead atoms. The molecule has 0 aliphatic carbocycles. The summed E-state index contributed by atoms with van der Waals surface area (Å²) in [5, 5.41) is 8.77. The zero-order chi connectivity index (χ0) is 14.9. The number of aliphatic hydroxyl groups is 1. The second-order valence-corrected chi connectivity index (χ2v) is 5.66. The van der Waals surface area contributed by atoms with Gasteiger partial charge in [0, 0.05) is 6.61 Å². The molecule has 1 unspecified atom stereocenters. The summed E-state index contributed by atoms with van der Waals surface area (Å²) >= 11 is 0. The lowest BCUT2D eigenvalue weighted by Gasteiger charge is -2.10. The largest absolute Gasteiger partial charge is 0.394 e. The van der Waals surface area contributed by atoms with Crippen molar-refractivity contribution in [1.29, 1.82) is 0 Å². The average molecular weight is 288 g/mol. The molecular weight excluding hydrogens is 252 g/mol. The molecule has 0 saturated heterocycles. The predicted molar refractivity (Wildman–Crippen MR) is 85.2 cm³/mol. The van der Waals surface area contributed by atoms with Crippen LogP contribution in [0.15, 0.2) is 0 Å². The number of unbranched alkanes of at least 4 members (excludes halogenated alkanes) is 9. The zero-order valence-electron chi connectivity index (χ0n) is 13.7. The second-order valence-electron chi connectivity index (χ2n) is 5.66. The van der Waals surface area contributed by atoms with Crippen LogP contribution in [0.5, 0.6) is 0 Å². The summed E-state index contributed by atoms with van der Waals surface area (Å²) in [5.41, 5.74) is 0. The van der Waals surface area contributed by atoms with E-state index < -0.39 is 0 Å². The van der Waals surface area contributed by atoms with Crippen LogP contribution in [-0.2, 0) is 9.47 Å². The first-order valence-electron chi connectivity index (χ1n) is 8.61. The normalized spacial score (nSPS) is 12.8. The Morgan fingerprint density at radius 2 is 1.30 bits per heavy atom. The first-order valence-corrected chi connectivity index (χ1v) is 8.61. The molecule has 0 rings (SSSR count). The molecule has 0 heterocycles. The third-order valence-corrected chi connectivity index (χ3v) is 3.53. The molecule has 1 atom stereocenters. The van der Waals surface area contributed by atoms with E-state index in [1.165, 1.54) is 57.8 Å². The fourth-order valence-electron chi connectivity index (χ4n) is 2.15. The van der Waals surface area contributed by atoms with Crippen LogP contribution >= 0.6 is 0 Å². The Hall–Kier alpha value is -0.120. The molecule has 0 radical (unpaired) electrons. The second kappa shape index (κ2) is 16.9. The SMILES string of the molecule is CCCCCCCCCCCCOCCOC(C)CO.